The van der Waals surface area contributed by atoms with Gasteiger partial charge < -0.3 is 28.8 Å². The number of β-amino-alcohol motifs (C(OH)–C–C–N with tert-alkyl or cyclic N) is 1. The lowest BCUT2D eigenvalue weighted by Gasteiger charge is -2.30. The van der Waals surface area contributed by atoms with Crippen molar-refractivity contribution in [3.8, 4) is 5.75 Å². The first-order valence-corrected chi connectivity index (χ1v) is 18.2. The minimum atomic E-state index is -4.03. The number of benzene rings is 2. The predicted octanol–water partition coefficient (Wildman–Crippen LogP) is 4.86. The molecule has 10 nitrogen and oxygen atoms in total. The number of rotatable bonds is 9. The molecule has 1 N–H and O–H groups in total. The Labute approximate surface area is 273 Å². The van der Waals surface area contributed by atoms with E-state index in [1.54, 1.807) is 25.3 Å². The summed E-state index contributed by atoms with van der Waals surface area (Å²) in [6.45, 7) is 1.73. The molecule has 0 amide bonds. The van der Waals surface area contributed by atoms with Crippen molar-refractivity contribution in [3.05, 3.63) is 59.7 Å². The molecule has 254 valence electrons. The van der Waals surface area contributed by atoms with Gasteiger partial charge in [0.15, 0.2) is 6.29 Å². The molecule has 2 saturated heterocycles. The van der Waals surface area contributed by atoms with Crippen molar-refractivity contribution in [3.63, 3.8) is 0 Å². The third kappa shape index (κ3) is 9.29. The van der Waals surface area contributed by atoms with Gasteiger partial charge in [0.2, 0.25) is 10.0 Å². The highest BCUT2D eigenvalue weighted by molar-refractivity contribution is 7.89. The van der Waals surface area contributed by atoms with Gasteiger partial charge in [0.1, 0.15) is 11.9 Å². The van der Waals surface area contributed by atoms with Crippen molar-refractivity contribution in [1.29, 1.82) is 0 Å². The number of carbonyl (C=O) groups excluding carboxylic acids is 1. The molecule has 3 heterocycles. The summed E-state index contributed by atoms with van der Waals surface area (Å²) in [5.74, 6) is -0.458. The summed E-state index contributed by atoms with van der Waals surface area (Å²) in [5, 5.41) is 11.7. The normalized spacial score (nSPS) is 25.7. The summed E-state index contributed by atoms with van der Waals surface area (Å²) in [6, 6.07) is 14.5. The number of nitrogens with zero attached hydrogens (tertiary/aromatic N) is 1. The van der Waals surface area contributed by atoms with Crippen LogP contribution in [0.15, 0.2) is 53.4 Å². The van der Waals surface area contributed by atoms with Crippen molar-refractivity contribution >= 4 is 16.0 Å². The monoisotopic (exact) mass is 659 g/mol. The van der Waals surface area contributed by atoms with Crippen molar-refractivity contribution in [1.82, 2.24) is 4.31 Å². The fraction of sp³-hybridized carbons (Fsp3) is 0.629. The first-order chi connectivity index (χ1) is 22.3. The van der Waals surface area contributed by atoms with Crippen LogP contribution in [0.3, 0.4) is 0 Å². The maximum Gasteiger partial charge on any atom is 0.306 e. The third-order valence-electron chi connectivity index (χ3n) is 9.29. The van der Waals surface area contributed by atoms with Crippen molar-refractivity contribution < 1.29 is 42.0 Å². The zero-order valence-corrected chi connectivity index (χ0v) is 27.7. The summed E-state index contributed by atoms with van der Waals surface area (Å²) in [4.78, 5) is 13.5. The molecular weight excluding hydrogens is 610 g/mol. The van der Waals surface area contributed by atoms with E-state index in [-0.39, 0.29) is 49.8 Å². The number of aliphatic hydroxyl groups is 1. The van der Waals surface area contributed by atoms with Crippen LogP contribution in [0.25, 0.3) is 0 Å². The quantitative estimate of drug-likeness (QED) is 0.376. The molecule has 5 atom stereocenters. The highest BCUT2D eigenvalue weighted by atomic mass is 32.2. The predicted molar refractivity (Wildman–Crippen MR) is 172 cm³/mol. The van der Waals surface area contributed by atoms with Crippen molar-refractivity contribution in [2.24, 2.45) is 11.8 Å². The lowest BCUT2D eigenvalue weighted by Crippen LogP contribution is -2.42. The molecule has 3 aliphatic heterocycles. The number of hydrogen-bond donors (Lipinski definition) is 1. The molecule has 0 aromatic heterocycles. The van der Waals surface area contributed by atoms with Gasteiger partial charge in [-0.2, -0.15) is 4.31 Å². The molecule has 0 bridgehead atoms. The average molecular weight is 660 g/mol. The second-order valence-corrected chi connectivity index (χ2v) is 14.5. The topological polar surface area (TPSA) is 121 Å². The number of sulfonamides is 1. The molecule has 11 heteroatoms. The van der Waals surface area contributed by atoms with Crippen LogP contribution in [-0.4, -0.2) is 82.3 Å². The summed E-state index contributed by atoms with van der Waals surface area (Å²) in [7, 11) is -2.48. The Balaban J connectivity index is 1.36. The van der Waals surface area contributed by atoms with E-state index in [4.69, 9.17) is 23.7 Å². The maximum atomic E-state index is 14.3. The molecule has 0 aliphatic carbocycles. The third-order valence-corrected chi connectivity index (χ3v) is 11.3. The number of esters is 1. The largest absolute Gasteiger partial charge is 0.497 e. The summed E-state index contributed by atoms with van der Waals surface area (Å²) >= 11 is 0. The van der Waals surface area contributed by atoms with Gasteiger partial charge in [0.25, 0.3) is 0 Å². The molecule has 5 rings (SSSR count). The van der Waals surface area contributed by atoms with Crippen LogP contribution < -0.4 is 4.74 Å². The Morgan fingerprint density at radius 1 is 1.00 bits per heavy atom. The van der Waals surface area contributed by atoms with Crippen LogP contribution >= 0.6 is 0 Å². The molecule has 0 radical (unpaired) electrons. The number of hydrogen-bond acceptors (Lipinski definition) is 9. The standard InChI is InChI=1S/C35H49NO9S/c1-41-29-15-16-33-28(21-29)24-42-18-10-5-3-2-4-9-17-36(46(33,39)40)23-31(37)27(20-26-12-7-6-8-13-26)22-34(38)45-32-25-44-35-30(32)14-11-19-43-35/h6-8,12-13,15-16,21,27,30-32,35,37H,2-5,9-11,14,17-20,22-25H2,1H3/t27-,30-,31-,32-,35+/m1/s1. The van der Waals surface area contributed by atoms with Crippen molar-refractivity contribution in [2.45, 2.75) is 94.2 Å². The summed E-state index contributed by atoms with van der Waals surface area (Å²) < 4.78 is 58.6. The minimum absolute atomic E-state index is 0.00107. The van der Waals surface area contributed by atoms with Crippen LogP contribution in [0.2, 0.25) is 0 Å². The second-order valence-electron chi connectivity index (χ2n) is 12.6. The average Bonchev–Trinajstić information content (AvgIpc) is 3.46. The molecule has 0 spiro atoms. The van der Waals surface area contributed by atoms with Crippen LogP contribution in [0.4, 0.5) is 0 Å². The molecule has 3 aliphatic rings. The van der Waals surface area contributed by atoms with Gasteiger partial charge in [-0.15, -0.1) is 0 Å². The zero-order valence-electron chi connectivity index (χ0n) is 26.9. The van der Waals surface area contributed by atoms with Crippen LogP contribution in [-0.2, 0) is 46.8 Å². The van der Waals surface area contributed by atoms with E-state index in [2.05, 4.69) is 0 Å². The minimum Gasteiger partial charge on any atom is -0.497 e. The highest BCUT2D eigenvalue weighted by Crippen LogP contribution is 2.33. The number of fused-ring (bicyclic) bond motifs is 2. The number of ether oxygens (including phenoxy) is 5. The Kier molecular flexibility index (Phi) is 12.9. The Morgan fingerprint density at radius 3 is 2.59 bits per heavy atom. The molecular formula is C35H49NO9S. The van der Waals surface area contributed by atoms with Crippen LogP contribution in [0.5, 0.6) is 5.75 Å². The maximum absolute atomic E-state index is 14.3. The number of methoxy groups -OCH3 is 1. The number of carbonyl (C=O) groups is 1. The van der Waals surface area contributed by atoms with Gasteiger partial charge in [-0.05, 0) is 55.9 Å². The highest BCUT2D eigenvalue weighted by Gasteiger charge is 2.42. The molecule has 2 aromatic rings. The summed E-state index contributed by atoms with van der Waals surface area (Å²) in [5.41, 5.74) is 1.46. The van der Waals surface area contributed by atoms with Gasteiger partial charge in [-0.25, -0.2) is 8.42 Å². The van der Waals surface area contributed by atoms with E-state index in [9.17, 15) is 18.3 Å². The Bertz CT molecular complexity index is 1360. The van der Waals surface area contributed by atoms with E-state index in [1.807, 2.05) is 30.3 Å². The van der Waals surface area contributed by atoms with Gasteiger partial charge in [0.05, 0.1) is 37.7 Å². The van der Waals surface area contributed by atoms with E-state index in [0.717, 1.165) is 50.5 Å². The lowest BCUT2D eigenvalue weighted by molar-refractivity contribution is -0.160. The van der Waals surface area contributed by atoms with E-state index in [0.29, 0.717) is 37.4 Å². The van der Waals surface area contributed by atoms with Crippen LogP contribution in [0.1, 0.15) is 68.9 Å². The molecule has 2 aromatic carbocycles. The molecule has 46 heavy (non-hydrogen) atoms. The van der Waals surface area contributed by atoms with Gasteiger partial charge in [-0.3, -0.25) is 4.79 Å². The van der Waals surface area contributed by atoms with Gasteiger partial charge >= 0.3 is 5.97 Å². The fourth-order valence-corrected chi connectivity index (χ4v) is 8.36. The van der Waals surface area contributed by atoms with E-state index < -0.39 is 34.1 Å². The SMILES string of the molecule is COc1ccc2c(c1)COCCCCCCCCN(C[C@@H](O)[C@@H](CC(=O)O[C@@H]1CO[C@@H]3OCCC[C@@H]31)Cc1ccccc1)S2(=O)=O. The van der Waals surface area contributed by atoms with Gasteiger partial charge in [-0.1, -0.05) is 56.0 Å². The molecule has 0 unspecified atom stereocenters. The van der Waals surface area contributed by atoms with Crippen LogP contribution in [0, 0.1) is 11.8 Å². The number of aliphatic hydroxyl groups excluding tert-OH is 1. The molecule has 0 saturated carbocycles. The molecule has 2 fully saturated rings. The Hall–Kier alpha value is -2.54. The first kappa shape index (κ1) is 34.8. The van der Waals surface area contributed by atoms with E-state index >= 15 is 0 Å². The van der Waals surface area contributed by atoms with Crippen molar-refractivity contribution in [2.75, 3.05) is 40.0 Å². The van der Waals surface area contributed by atoms with Gasteiger partial charge in [0, 0.05) is 43.7 Å². The lowest BCUT2D eigenvalue weighted by atomic mass is 9.90. The fourth-order valence-electron chi connectivity index (χ4n) is 6.67. The van der Waals surface area contributed by atoms with E-state index in [1.165, 1.54) is 4.31 Å². The first-order valence-electron chi connectivity index (χ1n) is 16.7. The zero-order chi connectivity index (χ0) is 32.4. The smallest absolute Gasteiger partial charge is 0.306 e. The second kappa shape index (κ2) is 17.0. The summed E-state index contributed by atoms with van der Waals surface area (Å²) in [6.07, 6.45) is 5.83. The Morgan fingerprint density at radius 2 is 1.78 bits per heavy atom.